The van der Waals surface area contributed by atoms with E-state index in [4.69, 9.17) is 9.47 Å². The van der Waals surface area contributed by atoms with Gasteiger partial charge in [0.1, 0.15) is 17.7 Å². The standard InChI is InChI=1S/C41H53BrN4O7/c1-5-9-18-33(48)43-27-32(28-16-12-10-13-17-28)52-40(51)34-35-38(49)46(24-14-11-15-25-47)37(41(35)26-31(42)36(34)53-41)39(50)45(23-6-2)30-21-19-29(20-22-30)44(7-3)8-4/h5-6,10,12-13,16-17,19-22,31-32,34-37,47H,1-2,7-9,11,14-15,18,23-27H2,3-4H3,(H,43,48)/t31?,32-,34-,35+,36-,37-,41+/m0/s1. The Morgan fingerprint density at radius 1 is 1.06 bits per heavy atom. The fraction of sp³-hybridized carbons (Fsp3) is 0.512. The van der Waals surface area contributed by atoms with E-state index in [9.17, 15) is 24.3 Å². The SMILES string of the molecule is C=CCCC(=O)NC[C@H](OC(=O)[C@@H]1[C@H]2O[C@@]3(CC2Br)[C@H](C(=O)N(CC=C)c2ccc(N(CC)CC)cc2)N(CCCCCO)C(=O)[C@@H]13)c1ccccc1. The lowest BCUT2D eigenvalue weighted by Crippen LogP contribution is -2.57. The first-order chi connectivity index (χ1) is 25.6. The number of nitrogens with zero attached hydrogens (tertiary/aromatic N) is 3. The molecule has 5 rings (SSSR count). The number of esters is 1. The fourth-order valence-electron chi connectivity index (χ4n) is 8.16. The quantitative estimate of drug-likeness (QED) is 0.0798. The zero-order valence-corrected chi connectivity index (χ0v) is 32.4. The number of benzene rings is 2. The van der Waals surface area contributed by atoms with Gasteiger partial charge in [-0.15, -0.1) is 13.2 Å². The van der Waals surface area contributed by atoms with E-state index in [1.54, 1.807) is 22.0 Å². The number of rotatable bonds is 20. The molecule has 2 bridgehead atoms. The monoisotopic (exact) mass is 792 g/mol. The summed E-state index contributed by atoms with van der Waals surface area (Å²) in [5.74, 6) is -3.37. The summed E-state index contributed by atoms with van der Waals surface area (Å²) in [7, 11) is 0. The summed E-state index contributed by atoms with van der Waals surface area (Å²) in [6.07, 6.45) is 4.74. The Hall–Kier alpha value is -4.00. The molecule has 0 radical (unpaired) electrons. The number of halogens is 1. The van der Waals surface area contributed by atoms with E-state index in [0.29, 0.717) is 43.4 Å². The average molecular weight is 794 g/mol. The van der Waals surface area contributed by atoms with E-state index >= 15 is 0 Å². The molecule has 2 aromatic rings. The normalized spacial score (nSPS) is 24.7. The number of amides is 3. The molecule has 286 valence electrons. The van der Waals surface area contributed by atoms with E-state index < -0.39 is 41.7 Å². The van der Waals surface area contributed by atoms with Crippen LogP contribution in [-0.2, 0) is 28.7 Å². The van der Waals surface area contributed by atoms with Crippen molar-refractivity contribution in [2.45, 2.75) is 81.1 Å². The Morgan fingerprint density at radius 3 is 2.40 bits per heavy atom. The summed E-state index contributed by atoms with van der Waals surface area (Å²) in [5, 5.41) is 12.3. The molecule has 0 aromatic heterocycles. The Morgan fingerprint density at radius 2 is 1.75 bits per heavy atom. The Bertz CT molecular complexity index is 1600. The molecule has 3 heterocycles. The van der Waals surface area contributed by atoms with E-state index in [-0.39, 0.29) is 55.2 Å². The summed E-state index contributed by atoms with van der Waals surface area (Å²) < 4.78 is 12.9. The predicted octanol–water partition coefficient (Wildman–Crippen LogP) is 5.33. The third-order valence-corrected chi connectivity index (χ3v) is 11.6. The molecule has 2 N–H and O–H groups in total. The van der Waals surface area contributed by atoms with Crippen LogP contribution in [0.15, 0.2) is 79.9 Å². The summed E-state index contributed by atoms with van der Waals surface area (Å²) in [5.41, 5.74) is 1.12. The molecule has 1 spiro atoms. The molecule has 2 aromatic carbocycles. The van der Waals surface area contributed by atoms with Gasteiger partial charge in [0.05, 0.1) is 24.5 Å². The molecule has 3 aliphatic heterocycles. The van der Waals surface area contributed by atoms with Gasteiger partial charge in [-0.1, -0.05) is 58.4 Å². The van der Waals surface area contributed by atoms with Crippen molar-refractivity contribution in [3.63, 3.8) is 0 Å². The van der Waals surface area contributed by atoms with Crippen LogP contribution in [0.3, 0.4) is 0 Å². The van der Waals surface area contributed by atoms with Crippen molar-refractivity contribution in [2.75, 3.05) is 49.1 Å². The highest BCUT2D eigenvalue weighted by Gasteiger charge is 2.77. The minimum atomic E-state index is -1.28. The number of aliphatic hydroxyl groups excluding tert-OH is 1. The molecule has 53 heavy (non-hydrogen) atoms. The second kappa shape index (κ2) is 18.4. The molecule has 7 atom stereocenters. The maximum atomic E-state index is 15.0. The van der Waals surface area contributed by atoms with Gasteiger partial charge in [-0.05, 0) is 75.8 Å². The van der Waals surface area contributed by atoms with Crippen LogP contribution < -0.4 is 15.1 Å². The van der Waals surface area contributed by atoms with Gasteiger partial charge in [0.25, 0.3) is 5.91 Å². The van der Waals surface area contributed by atoms with Gasteiger partial charge in [0.15, 0.2) is 0 Å². The van der Waals surface area contributed by atoms with Gasteiger partial charge in [-0.3, -0.25) is 19.2 Å². The number of unbranched alkanes of at least 4 members (excludes halogenated alkanes) is 2. The lowest BCUT2D eigenvalue weighted by atomic mass is 9.70. The predicted molar refractivity (Wildman–Crippen MR) is 209 cm³/mol. The van der Waals surface area contributed by atoms with Crippen LogP contribution in [0.5, 0.6) is 0 Å². The maximum Gasteiger partial charge on any atom is 0.313 e. The number of aliphatic hydroxyl groups is 1. The molecule has 3 saturated heterocycles. The summed E-state index contributed by atoms with van der Waals surface area (Å²) in [6.45, 7) is 14.0. The van der Waals surface area contributed by atoms with Crippen molar-refractivity contribution in [1.82, 2.24) is 10.2 Å². The Balaban J connectivity index is 1.47. The van der Waals surface area contributed by atoms with E-state index in [2.05, 4.69) is 53.2 Å². The first kappa shape index (κ1) is 40.2. The second-order valence-corrected chi connectivity index (χ2v) is 15.0. The lowest BCUT2D eigenvalue weighted by molar-refractivity contribution is -0.160. The zero-order valence-electron chi connectivity index (χ0n) is 30.8. The molecular formula is C41H53BrN4O7. The second-order valence-electron chi connectivity index (χ2n) is 13.9. The van der Waals surface area contributed by atoms with E-state index in [0.717, 1.165) is 18.8 Å². The molecule has 0 aliphatic carbocycles. The van der Waals surface area contributed by atoms with Gasteiger partial charge in [-0.2, -0.15) is 0 Å². The largest absolute Gasteiger partial charge is 0.455 e. The number of alkyl halides is 1. The van der Waals surface area contributed by atoms with Crippen molar-refractivity contribution in [3.8, 4) is 0 Å². The minimum absolute atomic E-state index is 0.0285. The number of nitrogens with one attached hydrogen (secondary N) is 1. The minimum Gasteiger partial charge on any atom is -0.455 e. The van der Waals surface area contributed by atoms with E-state index in [1.807, 2.05) is 54.6 Å². The maximum absolute atomic E-state index is 15.0. The van der Waals surface area contributed by atoms with Crippen LogP contribution in [0.4, 0.5) is 11.4 Å². The summed E-state index contributed by atoms with van der Waals surface area (Å²) in [4.78, 5) is 61.7. The number of likely N-dealkylation sites (tertiary alicyclic amines) is 1. The fourth-order valence-corrected chi connectivity index (χ4v) is 9.11. The molecular weight excluding hydrogens is 740 g/mol. The molecule has 11 nitrogen and oxygen atoms in total. The van der Waals surface area contributed by atoms with Crippen LogP contribution in [-0.4, -0.2) is 95.6 Å². The average Bonchev–Trinajstić information content (AvgIpc) is 3.77. The van der Waals surface area contributed by atoms with Crippen LogP contribution in [0, 0.1) is 11.8 Å². The van der Waals surface area contributed by atoms with Crippen molar-refractivity contribution in [2.24, 2.45) is 11.8 Å². The van der Waals surface area contributed by atoms with Gasteiger partial charge < -0.3 is 34.6 Å². The molecule has 3 fully saturated rings. The molecule has 0 saturated carbocycles. The third kappa shape index (κ3) is 8.39. The van der Waals surface area contributed by atoms with Crippen molar-refractivity contribution in [1.29, 1.82) is 0 Å². The highest BCUT2D eigenvalue weighted by molar-refractivity contribution is 9.09. The number of hydrogen-bond donors (Lipinski definition) is 2. The van der Waals surface area contributed by atoms with E-state index in [1.165, 1.54) is 0 Å². The number of carbonyl (C=O) groups is 4. The molecule has 3 aliphatic rings. The highest BCUT2D eigenvalue weighted by Crippen LogP contribution is 2.60. The smallest absolute Gasteiger partial charge is 0.313 e. The van der Waals surface area contributed by atoms with Crippen molar-refractivity contribution in [3.05, 3.63) is 85.5 Å². The number of ether oxygens (including phenoxy) is 2. The van der Waals surface area contributed by atoms with Gasteiger partial charge in [0, 0.05) is 55.4 Å². The van der Waals surface area contributed by atoms with Gasteiger partial charge in [-0.25, -0.2) is 0 Å². The van der Waals surface area contributed by atoms with Crippen LogP contribution in [0.25, 0.3) is 0 Å². The molecule has 3 amide bonds. The first-order valence-corrected chi connectivity index (χ1v) is 19.7. The Labute approximate surface area is 321 Å². The number of fused-ring (bicyclic) bond motifs is 1. The van der Waals surface area contributed by atoms with Crippen LogP contribution in [0.1, 0.15) is 64.0 Å². The Kier molecular flexibility index (Phi) is 13.9. The van der Waals surface area contributed by atoms with Gasteiger partial charge in [0.2, 0.25) is 11.8 Å². The summed E-state index contributed by atoms with van der Waals surface area (Å²) in [6, 6.07) is 16.0. The highest BCUT2D eigenvalue weighted by atomic mass is 79.9. The molecule has 1 unspecified atom stereocenters. The third-order valence-electron chi connectivity index (χ3n) is 10.7. The van der Waals surface area contributed by atoms with Gasteiger partial charge >= 0.3 is 5.97 Å². The first-order valence-electron chi connectivity index (χ1n) is 18.8. The number of hydrogen-bond acceptors (Lipinski definition) is 8. The lowest BCUT2D eigenvalue weighted by Gasteiger charge is -2.37. The molecule has 12 heteroatoms. The van der Waals surface area contributed by atoms with Crippen molar-refractivity contribution < 1.29 is 33.8 Å². The number of anilines is 2. The zero-order chi connectivity index (χ0) is 38.1. The van der Waals surface area contributed by atoms with Crippen LogP contribution >= 0.6 is 15.9 Å². The summed E-state index contributed by atoms with van der Waals surface area (Å²) >= 11 is 3.76. The van der Waals surface area contributed by atoms with Crippen LogP contribution in [0.2, 0.25) is 0 Å². The van der Waals surface area contributed by atoms with Crippen molar-refractivity contribution >= 4 is 51.0 Å². The number of carbonyl (C=O) groups excluding carboxylic acids is 4. The topological polar surface area (TPSA) is 129 Å². The number of allylic oxidation sites excluding steroid dienone is 1.